The third kappa shape index (κ3) is 5.12. The average Bonchev–Trinajstić information content (AvgIpc) is 2.60. The van der Waals surface area contributed by atoms with Crippen molar-refractivity contribution in [1.82, 2.24) is 25.1 Å². The van der Waals surface area contributed by atoms with Crippen LogP contribution in [0, 0.1) is 0 Å². The van der Waals surface area contributed by atoms with E-state index in [0.29, 0.717) is 11.9 Å². The molecule has 0 aliphatic carbocycles. The molecule has 0 fully saturated rings. The maximum Gasteiger partial charge on any atom is 0.343 e. The van der Waals surface area contributed by atoms with Crippen LogP contribution in [0.1, 0.15) is 0 Å². The Hall–Kier alpha value is -3.24. The van der Waals surface area contributed by atoms with E-state index >= 15 is 0 Å². The fourth-order valence-corrected chi connectivity index (χ4v) is 1.51. The van der Waals surface area contributed by atoms with E-state index in [1.54, 1.807) is 9.80 Å². The van der Waals surface area contributed by atoms with E-state index in [0.717, 1.165) is 0 Å². The highest BCUT2D eigenvalue weighted by Gasteiger charge is 2.12. The zero-order valence-electron chi connectivity index (χ0n) is 14.6. The molecule has 0 saturated heterocycles. The number of aromatic nitrogens is 5. The molecule has 0 radical (unpaired) electrons. The van der Waals surface area contributed by atoms with E-state index < -0.39 is 5.97 Å². The lowest BCUT2D eigenvalue weighted by Crippen LogP contribution is -2.19. The van der Waals surface area contributed by atoms with E-state index in [-0.39, 0.29) is 24.4 Å². The quantitative estimate of drug-likeness (QED) is 0.635. The Morgan fingerprint density at radius 3 is 2.00 bits per heavy atom. The third-order valence-electron chi connectivity index (χ3n) is 2.77. The van der Waals surface area contributed by atoms with Crippen molar-refractivity contribution in [2.24, 2.45) is 0 Å². The van der Waals surface area contributed by atoms with Gasteiger partial charge >= 0.3 is 12.0 Å². The molecular formula is C14H19N7O4. The van der Waals surface area contributed by atoms with E-state index in [1.807, 2.05) is 28.2 Å². The molecule has 2 heterocycles. The van der Waals surface area contributed by atoms with E-state index in [2.05, 4.69) is 29.9 Å². The number of ether oxygens (including phenoxy) is 3. The number of carbonyl (C=O) groups is 1. The summed E-state index contributed by atoms with van der Waals surface area (Å²) >= 11 is 0. The molecular weight excluding hydrogens is 330 g/mol. The Labute approximate surface area is 144 Å². The van der Waals surface area contributed by atoms with Crippen molar-refractivity contribution in [1.29, 1.82) is 0 Å². The first kappa shape index (κ1) is 18.1. The van der Waals surface area contributed by atoms with Gasteiger partial charge in [0.05, 0.1) is 7.11 Å². The Morgan fingerprint density at radius 2 is 1.52 bits per heavy atom. The second kappa shape index (κ2) is 8.04. The minimum absolute atomic E-state index is 0.0833. The van der Waals surface area contributed by atoms with Crippen molar-refractivity contribution < 1.29 is 19.0 Å². The summed E-state index contributed by atoms with van der Waals surface area (Å²) in [5.74, 6) is 0.710. The maximum atomic E-state index is 11.0. The molecule has 0 saturated carbocycles. The Bertz CT molecular complexity index is 695. The highest BCUT2D eigenvalue weighted by molar-refractivity contribution is 5.70. The van der Waals surface area contributed by atoms with Crippen LogP contribution in [0.3, 0.4) is 0 Å². The molecule has 0 unspecified atom stereocenters. The molecule has 2 aromatic rings. The average molecular weight is 349 g/mol. The van der Waals surface area contributed by atoms with E-state index in [4.69, 9.17) is 9.47 Å². The van der Waals surface area contributed by atoms with Crippen molar-refractivity contribution in [2.45, 2.75) is 0 Å². The first-order valence-corrected chi connectivity index (χ1v) is 7.21. The molecule has 0 atom stereocenters. The van der Waals surface area contributed by atoms with Crippen LogP contribution >= 0.6 is 0 Å². The summed E-state index contributed by atoms with van der Waals surface area (Å²) in [4.78, 5) is 27.2. The topological polar surface area (TPSA) is 116 Å². The summed E-state index contributed by atoms with van der Waals surface area (Å²) in [6.07, 6.45) is 0. The van der Waals surface area contributed by atoms with Gasteiger partial charge in [0.1, 0.15) is 0 Å². The lowest BCUT2D eigenvalue weighted by Gasteiger charge is -2.15. The van der Waals surface area contributed by atoms with Gasteiger partial charge in [-0.15, -0.1) is 10.2 Å². The molecule has 0 aliphatic rings. The SMILES string of the molecule is COC(=O)COc1ccc(Oc2nc(N(C)C)nc(N(C)C)n2)nn1. The largest absolute Gasteiger partial charge is 0.466 e. The lowest BCUT2D eigenvalue weighted by molar-refractivity contribution is -0.143. The molecule has 25 heavy (non-hydrogen) atoms. The second-order valence-corrected chi connectivity index (χ2v) is 5.18. The molecule has 11 nitrogen and oxygen atoms in total. The summed E-state index contributed by atoms with van der Waals surface area (Å²) in [5, 5.41) is 7.65. The smallest absolute Gasteiger partial charge is 0.343 e. The van der Waals surface area contributed by atoms with E-state index in [1.165, 1.54) is 19.2 Å². The molecule has 0 amide bonds. The summed E-state index contributed by atoms with van der Waals surface area (Å²) in [6, 6.07) is 3.11. The van der Waals surface area contributed by atoms with E-state index in [9.17, 15) is 4.79 Å². The van der Waals surface area contributed by atoms with Gasteiger partial charge in [-0.05, 0) is 0 Å². The van der Waals surface area contributed by atoms with Crippen molar-refractivity contribution in [3.05, 3.63) is 12.1 Å². The normalized spacial score (nSPS) is 10.1. The Morgan fingerprint density at radius 1 is 0.960 bits per heavy atom. The van der Waals surface area contributed by atoms with Crippen LogP contribution in [-0.4, -0.2) is 73.0 Å². The predicted octanol–water partition coefficient (Wildman–Crippen LogP) is 0.138. The van der Waals surface area contributed by atoms with Crippen LogP contribution in [0.15, 0.2) is 12.1 Å². The number of methoxy groups -OCH3 is 1. The van der Waals surface area contributed by atoms with Crippen LogP contribution in [0.2, 0.25) is 0 Å². The van der Waals surface area contributed by atoms with Gasteiger partial charge in [0, 0.05) is 40.3 Å². The van der Waals surface area contributed by atoms with Gasteiger partial charge in [0.2, 0.25) is 23.7 Å². The number of esters is 1. The molecule has 11 heteroatoms. The molecule has 0 aliphatic heterocycles. The number of hydrogen-bond acceptors (Lipinski definition) is 11. The van der Waals surface area contributed by atoms with Crippen molar-refractivity contribution in [3.63, 3.8) is 0 Å². The zero-order valence-corrected chi connectivity index (χ0v) is 14.6. The van der Waals surface area contributed by atoms with Gasteiger partial charge in [0.15, 0.2) is 6.61 Å². The molecule has 2 rings (SSSR count). The molecule has 0 spiro atoms. The van der Waals surface area contributed by atoms with Crippen LogP contribution in [0.4, 0.5) is 11.9 Å². The van der Waals surface area contributed by atoms with Crippen LogP contribution in [-0.2, 0) is 9.53 Å². The monoisotopic (exact) mass is 349 g/mol. The van der Waals surface area contributed by atoms with Gasteiger partial charge in [-0.1, -0.05) is 0 Å². The summed E-state index contributed by atoms with van der Waals surface area (Å²) in [5.41, 5.74) is 0. The fourth-order valence-electron chi connectivity index (χ4n) is 1.51. The summed E-state index contributed by atoms with van der Waals surface area (Å²) < 4.78 is 15.1. The van der Waals surface area contributed by atoms with Gasteiger partial charge < -0.3 is 24.0 Å². The third-order valence-corrected chi connectivity index (χ3v) is 2.77. The fraction of sp³-hybridized carbons (Fsp3) is 0.429. The molecule has 0 aromatic carbocycles. The number of nitrogens with zero attached hydrogens (tertiary/aromatic N) is 7. The van der Waals surface area contributed by atoms with Crippen LogP contribution < -0.4 is 19.3 Å². The van der Waals surface area contributed by atoms with Gasteiger partial charge in [-0.2, -0.15) is 15.0 Å². The standard InChI is InChI=1S/C14H19N7O4/c1-20(2)12-15-13(21(3)4)17-14(16-12)25-10-7-6-9(18-19-10)24-8-11(22)23-5/h6-7H,8H2,1-5H3. The van der Waals surface area contributed by atoms with Crippen LogP contribution in [0.25, 0.3) is 0 Å². The Kier molecular flexibility index (Phi) is 5.82. The van der Waals surface area contributed by atoms with Crippen molar-refractivity contribution in [2.75, 3.05) is 51.7 Å². The second-order valence-electron chi connectivity index (χ2n) is 5.18. The molecule has 134 valence electrons. The summed E-state index contributed by atoms with van der Waals surface area (Å²) in [6.45, 7) is -0.253. The van der Waals surface area contributed by atoms with Gasteiger partial charge in [0.25, 0.3) is 0 Å². The number of rotatable bonds is 7. The van der Waals surface area contributed by atoms with Crippen molar-refractivity contribution in [3.8, 4) is 17.8 Å². The lowest BCUT2D eigenvalue weighted by atomic mass is 10.5. The first-order chi connectivity index (χ1) is 11.9. The minimum Gasteiger partial charge on any atom is -0.466 e. The molecule has 2 aromatic heterocycles. The number of carbonyl (C=O) groups excluding carboxylic acids is 1. The highest BCUT2D eigenvalue weighted by atomic mass is 16.6. The van der Waals surface area contributed by atoms with Crippen LogP contribution in [0.5, 0.6) is 17.8 Å². The van der Waals surface area contributed by atoms with Gasteiger partial charge in [-0.25, -0.2) is 4.79 Å². The van der Waals surface area contributed by atoms with Gasteiger partial charge in [-0.3, -0.25) is 0 Å². The molecule has 0 bridgehead atoms. The maximum absolute atomic E-state index is 11.0. The summed E-state index contributed by atoms with van der Waals surface area (Å²) in [7, 11) is 8.52. The van der Waals surface area contributed by atoms with Crippen molar-refractivity contribution >= 4 is 17.9 Å². The number of anilines is 2. The number of hydrogen-bond donors (Lipinski definition) is 0. The zero-order chi connectivity index (χ0) is 18.4. The minimum atomic E-state index is -0.514. The Balaban J connectivity index is 2.12. The predicted molar refractivity (Wildman–Crippen MR) is 88.1 cm³/mol. The highest BCUT2D eigenvalue weighted by Crippen LogP contribution is 2.20. The molecule has 0 N–H and O–H groups in total. The first-order valence-electron chi connectivity index (χ1n) is 7.21.